The van der Waals surface area contributed by atoms with Crippen molar-refractivity contribution >= 4 is 11.8 Å². The molecule has 2 aliphatic rings. The molecular formula is C17H18O6. The third-order valence-electron chi connectivity index (χ3n) is 4.26. The molecule has 122 valence electrons. The van der Waals surface area contributed by atoms with E-state index >= 15 is 0 Å². The summed E-state index contributed by atoms with van der Waals surface area (Å²) in [5.41, 5.74) is 0.975. The van der Waals surface area contributed by atoms with Gasteiger partial charge in [-0.1, -0.05) is 6.07 Å². The van der Waals surface area contributed by atoms with Crippen molar-refractivity contribution in [2.45, 2.75) is 25.0 Å². The minimum absolute atomic E-state index is 0.296. The van der Waals surface area contributed by atoms with Crippen LogP contribution in [0, 0.1) is 0 Å². The van der Waals surface area contributed by atoms with Crippen LogP contribution in [-0.2, 0) is 14.3 Å². The molecule has 1 saturated heterocycles. The van der Waals surface area contributed by atoms with E-state index in [0.29, 0.717) is 34.6 Å². The summed E-state index contributed by atoms with van der Waals surface area (Å²) in [4.78, 5) is 25.2. The number of rotatable bonds is 5. The van der Waals surface area contributed by atoms with Crippen LogP contribution in [0.25, 0.3) is 0 Å². The maximum atomic E-state index is 13.1. The summed E-state index contributed by atoms with van der Waals surface area (Å²) >= 11 is 0. The van der Waals surface area contributed by atoms with Crippen molar-refractivity contribution in [1.29, 1.82) is 0 Å². The lowest BCUT2D eigenvalue weighted by atomic mass is 9.86. The molecule has 2 heterocycles. The molecule has 1 aromatic carbocycles. The van der Waals surface area contributed by atoms with Gasteiger partial charge >= 0.3 is 5.97 Å². The van der Waals surface area contributed by atoms with Crippen molar-refractivity contribution < 1.29 is 28.5 Å². The third kappa shape index (κ3) is 2.39. The number of methoxy groups -OCH3 is 3. The summed E-state index contributed by atoms with van der Waals surface area (Å²) in [5.74, 6) is -0.0380. The Morgan fingerprint density at radius 2 is 1.57 bits per heavy atom. The summed E-state index contributed by atoms with van der Waals surface area (Å²) in [6, 6.07) is 5.10. The van der Waals surface area contributed by atoms with E-state index in [1.807, 2.05) is 0 Å². The molecule has 6 heteroatoms. The second-order valence-electron chi connectivity index (χ2n) is 5.38. The molecular weight excluding hydrogens is 300 g/mol. The van der Waals surface area contributed by atoms with E-state index in [1.165, 1.54) is 21.3 Å². The van der Waals surface area contributed by atoms with Gasteiger partial charge in [-0.15, -0.1) is 0 Å². The van der Waals surface area contributed by atoms with Gasteiger partial charge in [0.05, 0.1) is 39.1 Å². The Balaban J connectivity index is 2.13. The molecule has 0 aliphatic carbocycles. The molecule has 3 rings (SSSR count). The molecule has 23 heavy (non-hydrogen) atoms. The molecule has 1 fully saturated rings. The number of hydrogen-bond acceptors (Lipinski definition) is 6. The lowest BCUT2D eigenvalue weighted by molar-refractivity contribution is -0.137. The highest BCUT2D eigenvalue weighted by Gasteiger charge is 2.47. The first kappa shape index (κ1) is 15.6. The zero-order valence-corrected chi connectivity index (χ0v) is 13.3. The molecule has 2 aliphatic heterocycles. The van der Waals surface area contributed by atoms with Crippen LogP contribution in [0.2, 0.25) is 0 Å². The van der Waals surface area contributed by atoms with Crippen molar-refractivity contribution in [3.8, 4) is 11.5 Å². The first-order chi connectivity index (χ1) is 11.1. The van der Waals surface area contributed by atoms with Gasteiger partial charge in [-0.25, -0.2) is 4.79 Å². The van der Waals surface area contributed by atoms with Crippen LogP contribution in [0.1, 0.15) is 23.2 Å². The summed E-state index contributed by atoms with van der Waals surface area (Å²) in [5, 5.41) is 0. The van der Waals surface area contributed by atoms with Crippen molar-refractivity contribution in [3.05, 3.63) is 34.9 Å². The Morgan fingerprint density at radius 1 is 1.00 bits per heavy atom. The molecule has 0 unspecified atom stereocenters. The quantitative estimate of drug-likeness (QED) is 0.610. The first-order valence-electron chi connectivity index (χ1n) is 7.35. The monoisotopic (exact) mass is 318 g/mol. The minimum atomic E-state index is -0.519. The first-order valence-corrected chi connectivity index (χ1v) is 7.35. The highest BCUT2D eigenvalue weighted by Crippen LogP contribution is 2.43. The Morgan fingerprint density at radius 3 is 2.09 bits per heavy atom. The van der Waals surface area contributed by atoms with Gasteiger partial charge < -0.3 is 18.9 Å². The van der Waals surface area contributed by atoms with Gasteiger partial charge in [0.25, 0.3) is 0 Å². The minimum Gasteiger partial charge on any atom is -0.496 e. The van der Waals surface area contributed by atoms with Gasteiger partial charge in [0.2, 0.25) is 0 Å². The Bertz CT molecular complexity index is 668. The predicted octanol–water partition coefficient (Wildman–Crippen LogP) is 1.92. The average molecular weight is 318 g/mol. The number of carbonyl (C=O) groups excluding carboxylic acids is 2. The number of benzene rings is 1. The van der Waals surface area contributed by atoms with E-state index in [2.05, 4.69) is 0 Å². The summed E-state index contributed by atoms with van der Waals surface area (Å²) in [6.07, 6.45) is 0.682. The van der Waals surface area contributed by atoms with E-state index < -0.39 is 5.97 Å². The van der Waals surface area contributed by atoms with E-state index in [-0.39, 0.29) is 18.0 Å². The Hall–Kier alpha value is -2.34. The van der Waals surface area contributed by atoms with Crippen LogP contribution in [0.4, 0.5) is 0 Å². The maximum Gasteiger partial charge on any atom is 0.336 e. The normalized spacial score (nSPS) is 22.2. The molecule has 0 amide bonds. The molecule has 2 bridgehead atoms. The third-order valence-corrected chi connectivity index (χ3v) is 4.26. The highest BCUT2D eigenvalue weighted by atomic mass is 16.5. The highest BCUT2D eigenvalue weighted by molar-refractivity contribution is 6.17. The van der Waals surface area contributed by atoms with Crippen LogP contribution in [0.3, 0.4) is 0 Å². The van der Waals surface area contributed by atoms with Gasteiger partial charge in [0.1, 0.15) is 17.1 Å². The van der Waals surface area contributed by atoms with Crippen LogP contribution < -0.4 is 9.47 Å². The smallest absolute Gasteiger partial charge is 0.336 e. The topological polar surface area (TPSA) is 71.1 Å². The fourth-order valence-corrected chi connectivity index (χ4v) is 3.24. The number of ketones is 1. The van der Waals surface area contributed by atoms with Crippen LogP contribution in [0.15, 0.2) is 29.3 Å². The van der Waals surface area contributed by atoms with Crippen molar-refractivity contribution in [3.63, 3.8) is 0 Å². The van der Waals surface area contributed by atoms with Gasteiger partial charge in [-0.3, -0.25) is 4.79 Å². The molecule has 2 atom stereocenters. The van der Waals surface area contributed by atoms with Crippen molar-refractivity contribution in [1.82, 2.24) is 0 Å². The molecule has 0 radical (unpaired) electrons. The fraction of sp³-hybridized carbons (Fsp3) is 0.412. The standard InChI is InChI=1S/C17H18O6/c1-20-9-5-4-6-10(21-2)13(9)16(18)14-11-7-8-12(23-11)15(14)17(19)22-3/h4-6,11-12H,7-8H2,1-3H3/t11-,12+/m0/s1. The Kier molecular flexibility index (Phi) is 4.09. The number of fused-ring (bicyclic) bond motifs is 2. The van der Waals surface area contributed by atoms with E-state index in [9.17, 15) is 9.59 Å². The largest absolute Gasteiger partial charge is 0.496 e. The molecule has 1 aromatic rings. The van der Waals surface area contributed by atoms with Gasteiger partial charge in [0.15, 0.2) is 5.78 Å². The lowest BCUT2D eigenvalue weighted by Gasteiger charge is -2.17. The second-order valence-corrected chi connectivity index (χ2v) is 5.38. The molecule has 0 spiro atoms. The molecule has 0 N–H and O–H groups in total. The number of carbonyl (C=O) groups is 2. The lowest BCUT2D eigenvalue weighted by Crippen LogP contribution is -2.23. The summed E-state index contributed by atoms with van der Waals surface area (Å²) in [6.45, 7) is 0. The van der Waals surface area contributed by atoms with Crippen molar-refractivity contribution in [2.24, 2.45) is 0 Å². The zero-order valence-electron chi connectivity index (χ0n) is 13.3. The van der Waals surface area contributed by atoms with E-state index in [1.54, 1.807) is 18.2 Å². The molecule has 6 nitrogen and oxygen atoms in total. The number of esters is 1. The molecule has 0 saturated carbocycles. The second kappa shape index (κ2) is 6.04. The van der Waals surface area contributed by atoms with Gasteiger partial charge in [-0.2, -0.15) is 0 Å². The number of Topliss-reactive ketones (excluding diaryl/α,β-unsaturated/α-hetero) is 1. The maximum absolute atomic E-state index is 13.1. The zero-order chi connectivity index (χ0) is 16.6. The SMILES string of the molecule is COC(=O)C1=C(C(=O)c2c(OC)cccc2OC)[C@@H]2CC[C@H]1O2. The average Bonchev–Trinajstić information content (AvgIpc) is 3.20. The number of ether oxygens (including phenoxy) is 4. The van der Waals surface area contributed by atoms with Crippen LogP contribution in [-0.4, -0.2) is 45.3 Å². The Labute approximate surface area is 134 Å². The van der Waals surface area contributed by atoms with Crippen LogP contribution in [0.5, 0.6) is 11.5 Å². The van der Waals surface area contributed by atoms with Gasteiger partial charge in [0, 0.05) is 5.57 Å². The predicted molar refractivity (Wildman–Crippen MR) is 80.8 cm³/mol. The number of hydrogen-bond donors (Lipinski definition) is 0. The van der Waals surface area contributed by atoms with Crippen LogP contribution >= 0.6 is 0 Å². The summed E-state index contributed by atoms with van der Waals surface area (Å²) < 4.78 is 21.1. The molecule has 0 aromatic heterocycles. The fourth-order valence-electron chi connectivity index (χ4n) is 3.24. The van der Waals surface area contributed by atoms with E-state index in [4.69, 9.17) is 18.9 Å². The summed E-state index contributed by atoms with van der Waals surface area (Å²) in [7, 11) is 4.27. The van der Waals surface area contributed by atoms with E-state index in [0.717, 1.165) is 6.42 Å². The van der Waals surface area contributed by atoms with Crippen molar-refractivity contribution in [2.75, 3.05) is 21.3 Å². The van der Waals surface area contributed by atoms with Gasteiger partial charge in [-0.05, 0) is 25.0 Å².